The highest BCUT2D eigenvalue weighted by Gasteiger charge is 2.64. The van der Waals surface area contributed by atoms with Gasteiger partial charge in [-0.15, -0.1) is 0 Å². The number of likely N-dealkylation sites (N-methyl/N-ethyl adjacent to an activating group) is 1. The quantitative estimate of drug-likeness (QED) is 0.188. The molecule has 1 amide bonds. The van der Waals surface area contributed by atoms with Crippen LogP contribution >= 0.6 is 0 Å². The average Bonchev–Trinajstić information content (AvgIpc) is 2.85. The Balaban J connectivity index is 1.96. The molecule has 4 atom stereocenters. The molecule has 0 aromatic heterocycles. The molecule has 1 saturated carbocycles. The van der Waals surface area contributed by atoms with E-state index in [1.54, 1.807) is 46.1 Å². The molecule has 0 spiro atoms. The van der Waals surface area contributed by atoms with Crippen LogP contribution in [0.15, 0.2) is 29.0 Å². The van der Waals surface area contributed by atoms with Gasteiger partial charge in [0.15, 0.2) is 11.4 Å². The number of rotatable bonds is 6. The molecule has 214 valence electrons. The summed E-state index contributed by atoms with van der Waals surface area (Å²) in [5.41, 5.74) is 2.72. The van der Waals surface area contributed by atoms with Crippen LogP contribution in [0.25, 0.3) is 11.8 Å². The molecule has 1 aromatic rings. The van der Waals surface area contributed by atoms with Crippen LogP contribution in [-0.4, -0.2) is 95.2 Å². The zero-order valence-corrected chi connectivity index (χ0v) is 22.9. The van der Waals surface area contributed by atoms with E-state index in [4.69, 9.17) is 10.5 Å². The van der Waals surface area contributed by atoms with E-state index in [-0.39, 0.29) is 36.1 Å². The van der Waals surface area contributed by atoms with Crippen molar-refractivity contribution in [3.8, 4) is 5.75 Å². The van der Waals surface area contributed by atoms with E-state index in [2.05, 4.69) is 0 Å². The second-order valence-electron chi connectivity index (χ2n) is 10.6. The largest absolute Gasteiger partial charge is 0.508 e. The molecule has 0 unspecified atom stereocenters. The van der Waals surface area contributed by atoms with Gasteiger partial charge in [-0.2, -0.15) is 0 Å². The van der Waals surface area contributed by atoms with Gasteiger partial charge in [-0.05, 0) is 57.5 Å². The Morgan fingerprint density at radius 2 is 1.82 bits per heavy atom. The molecule has 0 saturated heterocycles. The van der Waals surface area contributed by atoms with Crippen LogP contribution in [0.3, 0.4) is 0 Å². The standard InChI is InChI=1S/C28H33N3O9/c1-6-40-17(32)8-7-12-11-16(30(2)3)14-9-13-10-15-21(31(4)5)24(35)20(27(29)38)26(37)28(15,39)25(36)18(13)23(34)19(14)22(12)33/h7-8,11,13,15,21,33-34,37,39H,6,9-10H2,1-5H3,(H2,29,38)/b8-7+/t13-,15+,21+,28+/m1/s1. The van der Waals surface area contributed by atoms with E-state index in [0.29, 0.717) is 11.3 Å². The third-order valence-electron chi connectivity index (χ3n) is 7.89. The first-order valence-electron chi connectivity index (χ1n) is 12.7. The molecule has 3 aliphatic rings. The summed E-state index contributed by atoms with van der Waals surface area (Å²) in [6.07, 6.45) is 2.58. The van der Waals surface area contributed by atoms with Crippen molar-refractivity contribution in [3.05, 3.63) is 45.7 Å². The molecule has 0 aliphatic heterocycles. The number of phenols is 1. The van der Waals surface area contributed by atoms with Crippen LogP contribution in [0.2, 0.25) is 0 Å². The third-order valence-corrected chi connectivity index (χ3v) is 7.89. The lowest BCUT2D eigenvalue weighted by Crippen LogP contribution is -2.65. The Hall–Kier alpha value is -4.16. The topological polar surface area (TPSA) is 191 Å². The van der Waals surface area contributed by atoms with Gasteiger partial charge in [0, 0.05) is 42.9 Å². The van der Waals surface area contributed by atoms with Gasteiger partial charge in [0.2, 0.25) is 5.78 Å². The van der Waals surface area contributed by atoms with Gasteiger partial charge < -0.3 is 35.8 Å². The number of primary amides is 1. The number of ether oxygens (including phenoxy) is 1. The van der Waals surface area contributed by atoms with Crippen molar-refractivity contribution < 1.29 is 44.3 Å². The summed E-state index contributed by atoms with van der Waals surface area (Å²) in [5, 5.41) is 45.3. The molecular weight excluding hydrogens is 522 g/mol. The fraction of sp³-hybridized carbons (Fsp3) is 0.429. The molecule has 0 heterocycles. The Morgan fingerprint density at radius 1 is 1.18 bits per heavy atom. The highest BCUT2D eigenvalue weighted by atomic mass is 16.5. The van der Waals surface area contributed by atoms with E-state index in [1.165, 1.54) is 11.0 Å². The molecule has 0 radical (unpaired) electrons. The number of esters is 1. The van der Waals surface area contributed by atoms with Gasteiger partial charge in [-0.3, -0.25) is 19.3 Å². The SMILES string of the molecule is CCOC(=O)/C=C/c1cc(N(C)C)c2c(c1O)C(O)=C1C(=O)[C@]3(O)C(O)=C(C(N)=O)C(=O)[C@@H](N(C)C)[C@@H]3C[C@H]1C2. The number of Topliss-reactive ketones (excluding diaryl/α,β-unsaturated/α-hetero) is 2. The van der Waals surface area contributed by atoms with Crippen molar-refractivity contribution in [2.45, 2.75) is 31.4 Å². The molecule has 3 aliphatic carbocycles. The molecule has 40 heavy (non-hydrogen) atoms. The average molecular weight is 556 g/mol. The van der Waals surface area contributed by atoms with Gasteiger partial charge in [-0.1, -0.05) is 0 Å². The molecule has 6 N–H and O–H groups in total. The first kappa shape index (κ1) is 28.8. The number of nitrogens with zero attached hydrogens (tertiary/aromatic N) is 2. The summed E-state index contributed by atoms with van der Waals surface area (Å²) in [6, 6.07) is 0.471. The number of nitrogens with two attached hydrogens (primary N) is 1. The number of amides is 1. The van der Waals surface area contributed by atoms with Crippen LogP contribution in [0, 0.1) is 11.8 Å². The highest BCUT2D eigenvalue weighted by Crippen LogP contribution is 2.54. The minimum absolute atomic E-state index is 0.0100. The van der Waals surface area contributed by atoms with Crippen molar-refractivity contribution in [3.63, 3.8) is 0 Å². The number of phenolic OH excluding ortho intramolecular Hbond substituents is 1. The Bertz CT molecular complexity index is 1420. The van der Waals surface area contributed by atoms with E-state index in [1.807, 2.05) is 0 Å². The summed E-state index contributed by atoms with van der Waals surface area (Å²) in [5.74, 6) is -7.85. The Morgan fingerprint density at radius 3 is 2.38 bits per heavy atom. The molecular formula is C28H33N3O9. The van der Waals surface area contributed by atoms with Crippen LogP contribution in [0.1, 0.15) is 30.0 Å². The van der Waals surface area contributed by atoms with Crippen LogP contribution in [0.4, 0.5) is 5.69 Å². The van der Waals surface area contributed by atoms with E-state index in [9.17, 15) is 39.6 Å². The maximum atomic E-state index is 14.0. The number of aromatic hydroxyl groups is 1. The lowest BCUT2D eigenvalue weighted by atomic mass is 9.57. The summed E-state index contributed by atoms with van der Waals surface area (Å²) >= 11 is 0. The van der Waals surface area contributed by atoms with Crippen molar-refractivity contribution in [2.24, 2.45) is 17.6 Å². The Kier molecular flexibility index (Phi) is 7.28. The molecule has 0 bridgehead atoms. The number of aliphatic hydroxyl groups excluding tert-OH is 2. The van der Waals surface area contributed by atoms with Crippen molar-refractivity contribution in [2.75, 3.05) is 39.7 Å². The normalized spacial score (nSPS) is 26.1. The molecule has 12 heteroatoms. The number of hydrogen-bond acceptors (Lipinski definition) is 11. The lowest BCUT2D eigenvalue weighted by Gasteiger charge is -2.50. The van der Waals surface area contributed by atoms with E-state index in [0.717, 1.165) is 6.08 Å². The summed E-state index contributed by atoms with van der Waals surface area (Å²) in [6.45, 7) is 1.80. The van der Waals surface area contributed by atoms with E-state index < -0.39 is 69.8 Å². The monoisotopic (exact) mass is 555 g/mol. The number of hydrogen-bond donors (Lipinski definition) is 5. The summed E-state index contributed by atoms with van der Waals surface area (Å²) in [4.78, 5) is 54.4. The van der Waals surface area contributed by atoms with Gasteiger partial charge in [0.25, 0.3) is 5.91 Å². The molecule has 12 nitrogen and oxygen atoms in total. The number of anilines is 1. The number of aliphatic hydroxyl groups is 3. The zero-order valence-electron chi connectivity index (χ0n) is 22.9. The number of carbonyl (C=O) groups excluding carboxylic acids is 4. The predicted molar refractivity (Wildman–Crippen MR) is 144 cm³/mol. The maximum absolute atomic E-state index is 14.0. The van der Waals surface area contributed by atoms with Gasteiger partial charge >= 0.3 is 5.97 Å². The highest BCUT2D eigenvalue weighted by molar-refractivity contribution is 6.24. The second kappa shape index (κ2) is 10.1. The fourth-order valence-corrected chi connectivity index (χ4v) is 6.19. The summed E-state index contributed by atoms with van der Waals surface area (Å²) < 4.78 is 4.89. The fourth-order valence-electron chi connectivity index (χ4n) is 6.19. The first-order chi connectivity index (χ1) is 18.7. The summed E-state index contributed by atoms with van der Waals surface area (Å²) in [7, 11) is 6.59. The van der Waals surface area contributed by atoms with Gasteiger partial charge in [-0.25, -0.2) is 4.79 Å². The van der Waals surface area contributed by atoms with Crippen LogP contribution in [-0.2, 0) is 30.3 Å². The number of carbonyl (C=O) groups is 4. The van der Waals surface area contributed by atoms with E-state index >= 15 is 0 Å². The van der Waals surface area contributed by atoms with Crippen molar-refractivity contribution >= 4 is 41.0 Å². The van der Waals surface area contributed by atoms with Crippen LogP contribution < -0.4 is 10.6 Å². The third kappa shape index (κ3) is 4.14. The minimum atomic E-state index is -2.72. The molecule has 1 aromatic carbocycles. The smallest absolute Gasteiger partial charge is 0.330 e. The maximum Gasteiger partial charge on any atom is 0.330 e. The minimum Gasteiger partial charge on any atom is -0.508 e. The molecule has 4 rings (SSSR count). The Labute approximate surface area is 230 Å². The van der Waals surface area contributed by atoms with Crippen LogP contribution in [0.5, 0.6) is 5.75 Å². The van der Waals surface area contributed by atoms with Gasteiger partial charge in [0.05, 0.1) is 18.2 Å². The van der Waals surface area contributed by atoms with Gasteiger partial charge in [0.1, 0.15) is 22.8 Å². The van der Waals surface area contributed by atoms with Crippen molar-refractivity contribution in [1.82, 2.24) is 4.90 Å². The zero-order chi connectivity index (χ0) is 29.8. The second-order valence-corrected chi connectivity index (χ2v) is 10.6. The first-order valence-corrected chi connectivity index (χ1v) is 12.7. The number of benzene rings is 1. The number of fused-ring (bicyclic) bond motifs is 3. The predicted octanol–water partition coefficient (Wildman–Crippen LogP) is 0.606. The number of ketones is 2. The lowest BCUT2D eigenvalue weighted by molar-refractivity contribution is -0.153. The molecule has 1 fully saturated rings. The van der Waals surface area contributed by atoms with Crippen molar-refractivity contribution in [1.29, 1.82) is 0 Å².